The highest BCUT2D eigenvalue weighted by Crippen LogP contribution is 2.34. The lowest BCUT2D eigenvalue weighted by Crippen LogP contribution is -2.28. The minimum Gasteiger partial charge on any atom is -0.497 e. The third kappa shape index (κ3) is 5.84. The van der Waals surface area contributed by atoms with Gasteiger partial charge < -0.3 is 9.72 Å². The lowest BCUT2D eigenvalue weighted by Gasteiger charge is -2.22. The van der Waals surface area contributed by atoms with Crippen LogP contribution in [0.25, 0.3) is 16.7 Å². The number of methoxy groups -OCH3 is 1. The van der Waals surface area contributed by atoms with Crippen LogP contribution in [0.4, 0.5) is 4.39 Å². The number of nitrogens with zero attached hydrogens (tertiary/aromatic N) is 5. The van der Waals surface area contributed by atoms with E-state index < -0.39 is 21.6 Å². The minimum atomic E-state index is -3.88. The van der Waals surface area contributed by atoms with E-state index in [1.807, 2.05) is 24.3 Å². The summed E-state index contributed by atoms with van der Waals surface area (Å²) >= 11 is 1.02. The molecule has 5 aromatic rings. The van der Waals surface area contributed by atoms with Crippen molar-refractivity contribution in [1.29, 1.82) is 0 Å². The second-order valence-electron chi connectivity index (χ2n) is 9.78. The Morgan fingerprint density at radius 3 is 2.45 bits per heavy atom. The van der Waals surface area contributed by atoms with E-state index in [0.29, 0.717) is 23.6 Å². The number of halogens is 1. The summed E-state index contributed by atoms with van der Waals surface area (Å²) in [5.74, 6) is -0.154. The number of ether oxygens (including phenoxy) is 1. The molecule has 0 aliphatic carbocycles. The summed E-state index contributed by atoms with van der Waals surface area (Å²) in [6.07, 6.45) is 1.76. The molecule has 1 aliphatic heterocycles. The van der Waals surface area contributed by atoms with E-state index in [0.717, 1.165) is 22.9 Å². The number of aromatic nitrogens is 4. The first-order valence-corrected chi connectivity index (χ1v) is 15.7. The topological polar surface area (TPSA) is 166 Å². The SMILES string of the molecule is COc1ccc(C2=NN(C(=O)CSc3nc4c(cnn4-c4ccc(S(N)(=O)=O)cc4)c(=O)[nH]3)C(c3ccc(F)cc3)C2)cc1. The van der Waals surface area contributed by atoms with Gasteiger partial charge in [0.15, 0.2) is 10.8 Å². The molecular formula is C29H24FN7O5S2. The molecular weight excluding hydrogens is 609 g/mol. The average molecular weight is 634 g/mol. The van der Waals surface area contributed by atoms with E-state index in [-0.39, 0.29) is 38.6 Å². The fourth-order valence-corrected chi connectivity index (χ4v) is 6.00. The van der Waals surface area contributed by atoms with Gasteiger partial charge in [-0.3, -0.25) is 9.59 Å². The van der Waals surface area contributed by atoms with Crippen molar-refractivity contribution in [3.05, 3.63) is 106 Å². The van der Waals surface area contributed by atoms with Gasteiger partial charge in [0, 0.05) is 6.42 Å². The second-order valence-corrected chi connectivity index (χ2v) is 12.3. The Balaban J connectivity index is 1.26. The number of thioether (sulfide) groups is 1. The summed E-state index contributed by atoms with van der Waals surface area (Å²) in [4.78, 5) is 33.5. The standard InChI is InChI=1S/C29H24FN7O5S2/c1-42-21-10-4-17(5-11-21)24-14-25(18-2-6-19(30)7-3-18)37(35-24)26(38)16-43-29-33-27-23(28(39)34-29)15-32-36(27)20-8-12-22(13-9-20)44(31,40)41/h2-13,15,25H,14,16H2,1H3,(H2,31,40,41)(H,33,34,39). The van der Waals surface area contributed by atoms with Crippen molar-refractivity contribution >= 4 is 44.4 Å². The number of fused-ring (bicyclic) bond motifs is 1. The number of aromatic amines is 1. The molecule has 224 valence electrons. The first kappa shape index (κ1) is 29.2. The predicted octanol–water partition coefficient (Wildman–Crippen LogP) is 3.37. The highest BCUT2D eigenvalue weighted by molar-refractivity contribution is 7.99. The van der Waals surface area contributed by atoms with Gasteiger partial charge in [-0.25, -0.2) is 32.6 Å². The molecule has 0 fully saturated rings. The van der Waals surface area contributed by atoms with Gasteiger partial charge >= 0.3 is 0 Å². The maximum absolute atomic E-state index is 13.7. The van der Waals surface area contributed by atoms with E-state index in [1.165, 1.54) is 52.3 Å². The number of carbonyl (C=O) groups is 1. The van der Waals surface area contributed by atoms with Crippen LogP contribution in [0.15, 0.2) is 98.9 Å². The summed E-state index contributed by atoms with van der Waals surface area (Å²) in [6.45, 7) is 0. The van der Waals surface area contributed by atoms with Crippen LogP contribution >= 0.6 is 11.8 Å². The average Bonchev–Trinajstić information content (AvgIpc) is 3.66. The third-order valence-corrected chi connectivity index (χ3v) is 8.79. The minimum absolute atomic E-state index is 0.0723. The Morgan fingerprint density at radius 2 is 1.80 bits per heavy atom. The number of carbonyl (C=O) groups excluding carboxylic acids is 1. The van der Waals surface area contributed by atoms with E-state index >= 15 is 0 Å². The van der Waals surface area contributed by atoms with Crippen LogP contribution < -0.4 is 15.4 Å². The molecule has 3 N–H and O–H groups in total. The number of sulfonamides is 1. The van der Waals surface area contributed by atoms with Crippen LogP contribution in [-0.4, -0.2) is 57.7 Å². The molecule has 1 atom stereocenters. The molecule has 3 heterocycles. The maximum Gasteiger partial charge on any atom is 0.262 e. The number of nitrogens with one attached hydrogen (secondary N) is 1. The van der Waals surface area contributed by atoms with Crippen molar-refractivity contribution in [2.75, 3.05) is 12.9 Å². The normalized spacial score (nSPS) is 15.0. The van der Waals surface area contributed by atoms with Gasteiger partial charge in [0.1, 0.15) is 17.0 Å². The summed E-state index contributed by atoms with van der Waals surface area (Å²) in [5.41, 5.74) is 2.45. The zero-order chi connectivity index (χ0) is 31.0. The number of hydrogen-bond acceptors (Lipinski definition) is 9. The summed E-state index contributed by atoms with van der Waals surface area (Å²) in [5, 5.41) is 15.8. The number of hydrogen-bond donors (Lipinski definition) is 2. The van der Waals surface area contributed by atoms with Crippen molar-refractivity contribution in [3.8, 4) is 11.4 Å². The Hall–Kier alpha value is -4.86. The van der Waals surface area contributed by atoms with Crippen LogP contribution in [0.2, 0.25) is 0 Å². The number of amides is 1. The number of H-pyrrole nitrogens is 1. The molecule has 6 rings (SSSR count). The van der Waals surface area contributed by atoms with Crippen molar-refractivity contribution in [2.45, 2.75) is 22.5 Å². The molecule has 0 saturated carbocycles. The first-order valence-electron chi connectivity index (χ1n) is 13.1. The van der Waals surface area contributed by atoms with Crippen LogP contribution in [0.1, 0.15) is 23.6 Å². The quantitative estimate of drug-likeness (QED) is 0.194. The molecule has 0 radical (unpaired) electrons. The van der Waals surface area contributed by atoms with Crippen molar-refractivity contribution < 1.29 is 22.3 Å². The summed E-state index contributed by atoms with van der Waals surface area (Å²) < 4.78 is 43.5. The number of hydrazone groups is 1. The molecule has 3 aromatic carbocycles. The second kappa shape index (κ2) is 11.7. The van der Waals surface area contributed by atoms with Crippen LogP contribution in [0.5, 0.6) is 5.75 Å². The number of rotatable bonds is 8. The Labute approximate surface area is 254 Å². The van der Waals surface area contributed by atoms with Crippen molar-refractivity contribution in [3.63, 3.8) is 0 Å². The number of primary sulfonamides is 1. The smallest absolute Gasteiger partial charge is 0.262 e. The lowest BCUT2D eigenvalue weighted by molar-refractivity contribution is -0.130. The van der Waals surface area contributed by atoms with Gasteiger partial charge in [-0.15, -0.1) is 0 Å². The predicted molar refractivity (Wildman–Crippen MR) is 162 cm³/mol. The van der Waals surface area contributed by atoms with E-state index in [2.05, 4.69) is 20.2 Å². The third-order valence-electron chi connectivity index (χ3n) is 7.00. The van der Waals surface area contributed by atoms with Crippen LogP contribution in [0.3, 0.4) is 0 Å². The Bertz CT molecular complexity index is 2060. The molecule has 1 amide bonds. The van der Waals surface area contributed by atoms with Gasteiger partial charge in [-0.05, 0) is 71.8 Å². The van der Waals surface area contributed by atoms with Crippen molar-refractivity contribution in [2.24, 2.45) is 10.2 Å². The molecule has 0 saturated heterocycles. The number of nitrogens with two attached hydrogens (primary N) is 1. The van der Waals surface area contributed by atoms with Gasteiger partial charge in [0.25, 0.3) is 11.5 Å². The molecule has 0 spiro atoms. The van der Waals surface area contributed by atoms with Gasteiger partial charge in [0.2, 0.25) is 10.0 Å². The lowest BCUT2D eigenvalue weighted by atomic mass is 9.98. The Morgan fingerprint density at radius 1 is 1.09 bits per heavy atom. The first-order chi connectivity index (χ1) is 21.1. The van der Waals surface area contributed by atoms with E-state index in [1.54, 1.807) is 19.2 Å². The zero-order valence-corrected chi connectivity index (χ0v) is 24.7. The van der Waals surface area contributed by atoms with Crippen LogP contribution in [-0.2, 0) is 14.8 Å². The molecule has 44 heavy (non-hydrogen) atoms. The van der Waals surface area contributed by atoms with Gasteiger partial charge in [0.05, 0.1) is 41.4 Å². The van der Waals surface area contributed by atoms with E-state index in [9.17, 15) is 22.4 Å². The molecule has 1 aliphatic rings. The molecule has 0 bridgehead atoms. The van der Waals surface area contributed by atoms with Gasteiger partial charge in [-0.1, -0.05) is 23.9 Å². The molecule has 1 unspecified atom stereocenters. The fraction of sp³-hybridized carbons (Fsp3) is 0.138. The molecule has 12 nitrogen and oxygen atoms in total. The van der Waals surface area contributed by atoms with E-state index in [4.69, 9.17) is 9.88 Å². The number of benzene rings is 3. The van der Waals surface area contributed by atoms with Gasteiger partial charge in [-0.2, -0.15) is 10.2 Å². The summed E-state index contributed by atoms with van der Waals surface area (Å²) in [7, 11) is -2.31. The monoisotopic (exact) mass is 633 g/mol. The zero-order valence-electron chi connectivity index (χ0n) is 23.0. The van der Waals surface area contributed by atoms with Crippen molar-refractivity contribution in [1.82, 2.24) is 24.8 Å². The Kier molecular flexibility index (Phi) is 7.75. The largest absolute Gasteiger partial charge is 0.497 e. The summed E-state index contributed by atoms with van der Waals surface area (Å²) in [6, 6.07) is 18.5. The molecule has 15 heteroatoms. The maximum atomic E-state index is 13.7. The van der Waals surface area contributed by atoms with Crippen LogP contribution in [0, 0.1) is 5.82 Å². The molecule has 2 aromatic heterocycles. The highest BCUT2D eigenvalue weighted by Gasteiger charge is 2.33. The fourth-order valence-electron chi connectivity index (χ4n) is 4.77. The highest BCUT2D eigenvalue weighted by atomic mass is 32.2.